The molecule has 0 amide bonds. The number of fused-ring (bicyclic) bond motifs is 2. The fourth-order valence-electron chi connectivity index (χ4n) is 3.57. The predicted molar refractivity (Wildman–Crippen MR) is 115 cm³/mol. The van der Waals surface area contributed by atoms with E-state index in [-0.39, 0.29) is 0 Å². The molecular formula is C22H24Cl2HfSi. The number of rotatable bonds is 2. The Balaban J connectivity index is 0.000000349. The van der Waals surface area contributed by atoms with E-state index in [4.69, 9.17) is 22.2 Å². The summed E-state index contributed by atoms with van der Waals surface area (Å²) in [5.41, 5.74) is 9.29. The van der Waals surface area contributed by atoms with Crippen molar-refractivity contribution >= 4 is 41.0 Å². The van der Waals surface area contributed by atoms with Crippen LogP contribution < -0.4 is 0 Å². The molecule has 0 nitrogen and oxygen atoms in total. The molecule has 2 atom stereocenters. The summed E-state index contributed by atoms with van der Waals surface area (Å²) in [6.07, 6.45) is 4.82. The smallest absolute Gasteiger partial charge is 0.146 e. The first kappa shape index (κ1) is 20.3. The summed E-state index contributed by atoms with van der Waals surface area (Å²) in [4.78, 5) is 0. The van der Waals surface area contributed by atoms with Crippen LogP contribution in [0.4, 0.5) is 0 Å². The van der Waals surface area contributed by atoms with Crippen LogP contribution in [-0.2, 0) is 22.9 Å². The summed E-state index contributed by atoms with van der Waals surface area (Å²) in [6, 6.07) is 18.0. The summed E-state index contributed by atoms with van der Waals surface area (Å²) in [7, 11) is 0. The average molecular weight is 566 g/mol. The zero-order chi connectivity index (χ0) is 18.9. The van der Waals surface area contributed by atoms with E-state index in [2.05, 4.69) is 74.5 Å². The molecular weight excluding hydrogens is 542 g/mol. The Hall–Kier alpha value is -0.413. The van der Waals surface area contributed by atoms with Crippen LogP contribution in [0, 0.1) is 0 Å². The van der Waals surface area contributed by atoms with Gasteiger partial charge >= 0.3 is 138 Å². The van der Waals surface area contributed by atoms with Crippen LogP contribution in [0.5, 0.6) is 0 Å². The first-order chi connectivity index (χ1) is 12.2. The molecule has 4 heteroatoms. The van der Waals surface area contributed by atoms with Crippen LogP contribution in [0.2, 0.25) is 13.1 Å². The molecule has 0 spiro atoms. The van der Waals surface area contributed by atoms with Crippen molar-refractivity contribution in [3.8, 4) is 0 Å². The largest absolute Gasteiger partial charge is 0.245 e. The second kappa shape index (κ2) is 8.30. The number of allylic oxidation sites excluding steroid dienone is 2. The first-order valence-corrected chi connectivity index (χ1v) is 18.1. The van der Waals surface area contributed by atoms with Gasteiger partial charge in [0, 0.05) is 0 Å². The van der Waals surface area contributed by atoms with E-state index in [9.17, 15) is 0 Å². The Kier molecular flexibility index (Phi) is 6.49. The summed E-state index contributed by atoms with van der Waals surface area (Å²) in [6.45, 7) is 6.71. The van der Waals surface area contributed by atoms with Crippen molar-refractivity contribution in [2.45, 2.75) is 34.3 Å². The van der Waals surface area contributed by atoms with Gasteiger partial charge in [-0.2, -0.15) is 0 Å². The van der Waals surface area contributed by atoms with Crippen molar-refractivity contribution in [1.82, 2.24) is 0 Å². The van der Waals surface area contributed by atoms with Crippen LogP contribution in [0.3, 0.4) is 0 Å². The van der Waals surface area contributed by atoms with Gasteiger partial charge in [-0.15, -0.1) is 22.2 Å². The molecule has 2 aromatic rings. The zero-order valence-corrected chi connectivity index (χ0v) is 21.8. The molecule has 2 unspecified atom stereocenters. The van der Waals surface area contributed by atoms with E-state index >= 15 is 0 Å². The van der Waals surface area contributed by atoms with Gasteiger partial charge in [-0.1, -0.05) is 0 Å². The van der Waals surface area contributed by atoms with Crippen molar-refractivity contribution in [3.63, 3.8) is 0 Å². The average Bonchev–Trinajstić information content (AvgIpc) is 3.04. The van der Waals surface area contributed by atoms with E-state index < -0.39 is 29.6 Å². The third kappa shape index (κ3) is 4.89. The van der Waals surface area contributed by atoms with E-state index in [1.807, 2.05) is 13.1 Å². The van der Waals surface area contributed by atoms with Crippen molar-refractivity contribution in [3.05, 3.63) is 81.9 Å². The summed E-state index contributed by atoms with van der Waals surface area (Å²) in [5.74, 6) is 0. The third-order valence-corrected chi connectivity index (χ3v) is 12.5. The first-order valence-electron chi connectivity index (χ1n) is 8.92. The molecule has 0 saturated carbocycles. The van der Waals surface area contributed by atoms with Crippen LogP contribution in [0.1, 0.15) is 43.5 Å². The van der Waals surface area contributed by atoms with Gasteiger partial charge in [0.1, 0.15) is 0 Å². The topological polar surface area (TPSA) is 0 Å². The van der Waals surface area contributed by atoms with Crippen LogP contribution in [0.25, 0.3) is 12.2 Å². The van der Waals surface area contributed by atoms with Crippen LogP contribution >= 0.6 is 22.2 Å². The maximum Gasteiger partial charge on any atom is 0.245 e. The summed E-state index contributed by atoms with van der Waals surface area (Å²) in [5, 5.41) is 0. The Morgan fingerprint density at radius 1 is 0.731 bits per heavy atom. The van der Waals surface area contributed by atoms with Gasteiger partial charge in [0.25, 0.3) is 0 Å². The minimum Gasteiger partial charge on any atom is -0.146 e. The SMILES string of the molecule is CC1=Cc2ccccc2[CH]1[Hf][CH]1C(C)=Cc2ccccc21.C[Si](C)(Cl)Cl. The van der Waals surface area contributed by atoms with E-state index in [1.54, 1.807) is 22.3 Å². The Labute approximate surface area is 179 Å². The van der Waals surface area contributed by atoms with Gasteiger partial charge in [0.15, 0.2) is 0 Å². The second-order valence-electron chi connectivity index (χ2n) is 7.39. The monoisotopic (exact) mass is 566 g/mol. The molecule has 0 fully saturated rings. The molecule has 4 rings (SSSR count). The molecule has 26 heavy (non-hydrogen) atoms. The van der Waals surface area contributed by atoms with Gasteiger partial charge in [-0.05, 0) is 13.1 Å². The molecule has 0 aliphatic heterocycles. The Bertz CT molecular complexity index is 793. The molecule has 0 N–H and O–H groups in total. The number of hydrogen-bond donors (Lipinski definition) is 0. The van der Waals surface area contributed by atoms with Gasteiger partial charge in [0.2, 0.25) is 6.69 Å². The summed E-state index contributed by atoms with van der Waals surface area (Å²) >= 11 is 9.99. The molecule has 134 valence electrons. The van der Waals surface area contributed by atoms with E-state index in [0.717, 1.165) is 7.35 Å². The second-order valence-corrected chi connectivity index (χ2v) is 21.6. The van der Waals surface area contributed by atoms with Crippen molar-refractivity contribution in [1.29, 1.82) is 0 Å². The van der Waals surface area contributed by atoms with Gasteiger partial charge in [-0.3, -0.25) is 0 Å². The predicted octanol–water partition coefficient (Wildman–Crippen LogP) is 7.55. The van der Waals surface area contributed by atoms with Gasteiger partial charge in [0.05, 0.1) is 0 Å². The standard InChI is InChI=1S/2C10H9.C2H6Cl2Si.Hf/c2*1-8-6-9-4-2-3-5-10(9)7-8;1-5(2,3)4;/h2*2-7H,1H3;1-2H3;. The van der Waals surface area contributed by atoms with Crippen molar-refractivity contribution < 1.29 is 22.9 Å². The maximum atomic E-state index is 5.43. The molecule has 0 saturated heterocycles. The van der Waals surface area contributed by atoms with Crippen molar-refractivity contribution in [2.75, 3.05) is 0 Å². The number of halogens is 2. The third-order valence-electron chi connectivity index (χ3n) is 4.62. The molecule has 0 heterocycles. The Morgan fingerprint density at radius 3 is 1.46 bits per heavy atom. The van der Waals surface area contributed by atoms with Gasteiger partial charge < -0.3 is 0 Å². The van der Waals surface area contributed by atoms with Crippen molar-refractivity contribution in [2.24, 2.45) is 0 Å². The zero-order valence-electron chi connectivity index (χ0n) is 15.7. The Morgan fingerprint density at radius 2 is 1.08 bits per heavy atom. The van der Waals surface area contributed by atoms with E-state index in [0.29, 0.717) is 0 Å². The fraction of sp³-hybridized carbons (Fsp3) is 0.273. The minimum absolute atomic E-state index is 0.765. The van der Waals surface area contributed by atoms with Crippen LogP contribution in [-0.4, -0.2) is 6.69 Å². The molecule has 0 radical (unpaired) electrons. The van der Waals surface area contributed by atoms with Crippen LogP contribution in [0.15, 0.2) is 59.7 Å². The molecule has 0 bridgehead atoms. The number of hydrogen-bond acceptors (Lipinski definition) is 0. The van der Waals surface area contributed by atoms with E-state index in [1.165, 1.54) is 11.1 Å². The molecule has 2 aromatic carbocycles. The van der Waals surface area contributed by atoms with Gasteiger partial charge in [-0.25, -0.2) is 0 Å². The quantitative estimate of drug-likeness (QED) is 0.261. The summed E-state index contributed by atoms with van der Waals surface area (Å²) < 4.78 is 1.53. The normalized spacial score (nSPS) is 20.4. The fourth-order valence-corrected chi connectivity index (χ4v) is 10.4. The maximum absolute atomic E-state index is 5.43. The molecule has 0 aromatic heterocycles. The molecule has 2 aliphatic rings. The minimum atomic E-state index is -1.67. The number of benzene rings is 2. The molecule has 2 aliphatic carbocycles.